The highest BCUT2D eigenvalue weighted by Gasteiger charge is 2.23. The van der Waals surface area contributed by atoms with Crippen molar-refractivity contribution in [3.8, 4) is 0 Å². The number of likely N-dealkylation sites (tertiary alicyclic amines) is 1. The van der Waals surface area contributed by atoms with Crippen molar-refractivity contribution in [3.05, 3.63) is 35.4 Å². The molecule has 5 heteroatoms. The van der Waals surface area contributed by atoms with E-state index >= 15 is 0 Å². The third-order valence-electron chi connectivity index (χ3n) is 6.04. The second-order valence-electron chi connectivity index (χ2n) is 7.58. The summed E-state index contributed by atoms with van der Waals surface area (Å²) in [6, 6.07) is 9.88. The van der Waals surface area contributed by atoms with Crippen molar-refractivity contribution in [3.63, 3.8) is 0 Å². The quantitative estimate of drug-likeness (QED) is 0.580. The van der Waals surface area contributed by atoms with Crippen LogP contribution in [0.4, 0.5) is 0 Å². The molecule has 0 aromatic heterocycles. The van der Waals surface area contributed by atoms with Crippen molar-refractivity contribution in [1.29, 1.82) is 0 Å². The van der Waals surface area contributed by atoms with Gasteiger partial charge in [-0.15, -0.1) is 0 Å². The Bertz CT molecular complexity index is 600. The number of hydrogen-bond acceptors (Lipinski definition) is 3. The number of hydrogen-bond donors (Lipinski definition) is 2. The van der Waals surface area contributed by atoms with E-state index < -0.39 is 0 Å². The zero-order chi connectivity index (χ0) is 18.4. The standard InChI is InChI=1S/C21H35N5/c1-3-19(26-13-11-17-8-5-6-9-18(17)16-26)14-23-21(22)24-15-20-10-7-12-25(20)4-2/h5-6,8-9,19-20H,3-4,7,10-16H2,1-2H3,(H3,22,23,24). The van der Waals surface area contributed by atoms with Gasteiger partial charge in [-0.2, -0.15) is 0 Å². The summed E-state index contributed by atoms with van der Waals surface area (Å²) >= 11 is 0. The molecule has 1 saturated heterocycles. The number of nitrogens with two attached hydrogens (primary N) is 1. The number of fused-ring (bicyclic) bond motifs is 1. The first kappa shape index (κ1) is 19.2. The predicted octanol–water partition coefficient (Wildman–Crippen LogP) is 2.21. The molecule has 144 valence electrons. The van der Waals surface area contributed by atoms with Gasteiger partial charge in [0.15, 0.2) is 5.96 Å². The zero-order valence-corrected chi connectivity index (χ0v) is 16.5. The van der Waals surface area contributed by atoms with Gasteiger partial charge in [-0.1, -0.05) is 38.1 Å². The maximum atomic E-state index is 6.15. The number of guanidine groups is 1. The largest absolute Gasteiger partial charge is 0.370 e. The van der Waals surface area contributed by atoms with E-state index in [1.807, 2.05) is 0 Å². The minimum absolute atomic E-state index is 0.460. The van der Waals surface area contributed by atoms with Crippen LogP contribution in [0.2, 0.25) is 0 Å². The minimum Gasteiger partial charge on any atom is -0.370 e. The molecule has 2 aliphatic rings. The lowest BCUT2D eigenvalue weighted by Crippen LogP contribution is -2.44. The van der Waals surface area contributed by atoms with E-state index in [2.05, 4.69) is 58.2 Å². The summed E-state index contributed by atoms with van der Waals surface area (Å²) in [5.74, 6) is 0.601. The second-order valence-corrected chi connectivity index (χ2v) is 7.58. The zero-order valence-electron chi connectivity index (χ0n) is 16.5. The van der Waals surface area contributed by atoms with Crippen LogP contribution in [0.5, 0.6) is 0 Å². The predicted molar refractivity (Wildman–Crippen MR) is 109 cm³/mol. The third kappa shape index (κ3) is 4.77. The molecule has 2 aliphatic heterocycles. The van der Waals surface area contributed by atoms with Crippen molar-refractivity contribution in [1.82, 2.24) is 15.1 Å². The molecule has 0 amide bonds. The van der Waals surface area contributed by atoms with Gasteiger partial charge in [0.05, 0.1) is 6.54 Å². The van der Waals surface area contributed by atoms with Crippen molar-refractivity contribution in [2.24, 2.45) is 10.7 Å². The molecule has 0 radical (unpaired) electrons. The molecular formula is C21H35N5. The molecule has 2 heterocycles. The Hall–Kier alpha value is -1.59. The maximum absolute atomic E-state index is 6.15. The second kappa shape index (κ2) is 9.38. The monoisotopic (exact) mass is 357 g/mol. The third-order valence-corrected chi connectivity index (χ3v) is 6.04. The van der Waals surface area contributed by atoms with Crippen LogP contribution in [0.25, 0.3) is 0 Å². The molecule has 0 bridgehead atoms. The fraction of sp³-hybridized carbons (Fsp3) is 0.667. The van der Waals surface area contributed by atoms with Crippen LogP contribution in [-0.2, 0) is 13.0 Å². The molecule has 2 atom stereocenters. The van der Waals surface area contributed by atoms with E-state index in [1.165, 1.54) is 30.5 Å². The van der Waals surface area contributed by atoms with Crippen molar-refractivity contribution in [2.45, 2.75) is 58.2 Å². The summed E-state index contributed by atoms with van der Waals surface area (Å²) in [5, 5.41) is 3.35. The number of nitrogens with one attached hydrogen (secondary N) is 1. The van der Waals surface area contributed by atoms with Crippen molar-refractivity contribution in [2.75, 3.05) is 32.7 Å². The van der Waals surface area contributed by atoms with Crippen molar-refractivity contribution < 1.29 is 0 Å². The van der Waals surface area contributed by atoms with Gasteiger partial charge in [0.25, 0.3) is 0 Å². The SMILES string of the molecule is CCC(CN=C(N)NCC1CCCN1CC)N1CCc2ccccc2C1. The average Bonchev–Trinajstić information content (AvgIpc) is 3.14. The van der Waals surface area contributed by atoms with Crippen LogP contribution in [0.1, 0.15) is 44.2 Å². The molecule has 0 saturated carbocycles. The molecule has 1 fully saturated rings. The van der Waals surface area contributed by atoms with Gasteiger partial charge in [-0.05, 0) is 49.9 Å². The van der Waals surface area contributed by atoms with E-state index in [0.717, 1.165) is 45.6 Å². The lowest BCUT2D eigenvalue weighted by molar-refractivity contribution is 0.178. The van der Waals surface area contributed by atoms with Gasteiger partial charge in [0, 0.05) is 31.7 Å². The fourth-order valence-corrected chi connectivity index (χ4v) is 4.36. The van der Waals surface area contributed by atoms with Gasteiger partial charge in [0.2, 0.25) is 0 Å². The van der Waals surface area contributed by atoms with Crippen molar-refractivity contribution >= 4 is 5.96 Å². The lowest BCUT2D eigenvalue weighted by atomic mass is 9.98. The summed E-state index contributed by atoms with van der Waals surface area (Å²) in [7, 11) is 0. The molecule has 1 aromatic carbocycles. The van der Waals surface area contributed by atoms with Crippen LogP contribution < -0.4 is 11.1 Å². The highest BCUT2D eigenvalue weighted by molar-refractivity contribution is 5.77. The molecule has 0 spiro atoms. The first-order valence-electron chi connectivity index (χ1n) is 10.3. The molecular weight excluding hydrogens is 322 g/mol. The Balaban J connectivity index is 1.49. The van der Waals surface area contributed by atoms with Crippen LogP contribution >= 0.6 is 0 Å². The van der Waals surface area contributed by atoms with Crippen LogP contribution in [0.3, 0.4) is 0 Å². The van der Waals surface area contributed by atoms with Gasteiger partial charge in [0.1, 0.15) is 0 Å². The van der Waals surface area contributed by atoms with Crippen LogP contribution in [0.15, 0.2) is 29.3 Å². The Morgan fingerprint density at radius 2 is 2.08 bits per heavy atom. The van der Waals surface area contributed by atoms with E-state index in [4.69, 9.17) is 5.73 Å². The molecule has 2 unspecified atom stereocenters. The highest BCUT2D eigenvalue weighted by Crippen LogP contribution is 2.21. The minimum atomic E-state index is 0.460. The summed E-state index contributed by atoms with van der Waals surface area (Å²) in [5.41, 5.74) is 9.12. The molecule has 5 nitrogen and oxygen atoms in total. The molecule has 0 aliphatic carbocycles. The summed E-state index contributed by atoms with van der Waals surface area (Å²) < 4.78 is 0. The first-order chi connectivity index (χ1) is 12.7. The Morgan fingerprint density at radius 1 is 1.27 bits per heavy atom. The van der Waals surface area contributed by atoms with E-state index in [1.54, 1.807) is 0 Å². The highest BCUT2D eigenvalue weighted by atomic mass is 15.2. The number of aliphatic imine (C=N–C) groups is 1. The molecule has 26 heavy (non-hydrogen) atoms. The number of likely N-dealkylation sites (N-methyl/N-ethyl adjacent to an activating group) is 1. The smallest absolute Gasteiger partial charge is 0.188 e. The lowest BCUT2D eigenvalue weighted by Gasteiger charge is -2.34. The normalized spacial score (nSPS) is 23.0. The maximum Gasteiger partial charge on any atom is 0.188 e. The van der Waals surface area contributed by atoms with Crippen LogP contribution in [0, 0.1) is 0 Å². The van der Waals surface area contributed by atoms with Gasteiger partial charge < -0.3 is 11.1 Å². The van der Waals surface area contributed by atoms with Gasteiger partial charge >= 0.3 is 0 Å². The molecule has 3 N–H and O–H groups in total. The first-order valence-corrected chi connectivity index (χ1v) is 10.3. The van der Waals surface area contributed by atoms with E-state index in [9.17, 15) is 0 Å². The number of benzene rings is 1. The summed E-state index contributed by atoms with van der Waals surface area (Å²) in [6.45, 7) is 10.7. The number of rotatable bonds is 7. The number of nitrogens with zero attached hydrogens (tertiary/aromatic N) is 3. The van der Waals surface area contributed by atoms with E-state index in [-0.39, 0.29) is 0 Å². The average molecular weight is 358 g/mol. The van der Waals surface area contributed by atoms with Crippen LogP contribution in [-0.4, -0.2) is 60.6 Å². The topological polar surface area (TPSA) is 56.9 Å². The Morgan fingerprint density at radius 3 is 2.85 bits per heavy atom. The Labute approximate surface area is 158 Å². The van der Waals surface area contributed by atoms with E-state index in [0.29, 0.717) is 18.0 Å². The fourth-order valence-electron chi connectivity index (χ4n) is 4.36. The summed E-state index contributed by atoms with van der Waals surface area (Å²) in [4.78, 5) is 9.75. The Kier molecular flexibility index (Phi) is 6.92. The summed E-state index contributed by atoms with van der Waals surface area (Å²) in [6.07, 6.45) is 4.80. The molecule has 1 aromatic rings. The van der Waals surface area contributed by atoms with Gasteiger partial charge in [-0.25, -0.2) is 0 Å². The van der Waals surface area contributed by atoms with Gasteiger partial charge in [-0.3, -0.25) is 14.8 Å². The molecule has 3 rings (SSSR count).